The molecule has 0 saturated heterocycles. The van der Waals surface area contributed by atoms with Crippen LogP contribution in [0.25, 0.3) is 11.1 Å². The summed E-state index contributed by atoms with van der Waals surface area (Å²) in [6.07, 6.45) is 2.04. The van der Waals surface area contributed by atoms with Crippen molar-refractivity contribution in [2.24, 2.45) is 0 Å². The maximum atomic E-state index is 10.7. The zero-order valence-corrected chi connectivity index (χ0v) is 13.8. The molecule has 0 aromatic heterocycles. The minimum atomic E-state index is -0.426. The molecule has 0 N–H and O–H groups in total. The van der Waals surface area contributed by atoms with Gasteiger partial charge < -0.3 is 4.74 Å². The molecule has 5 heteroatoms. The molecule has 0 aliphatic rings. The number of ether oxygens (including phenoxy) is 1. The van der Waals surface area contributed by atoms with Crippen molar-refractivity contribution in [1.29, 1.82) is 0 Å². The quantitative estimate of drug-likeness (QED) is 0.336. The molecule has 3 aromatic rings. The van der Waals surface area contributed by atoms with Crippen molar-refractivity contribution >= 4 is 17.4 Å². The Kier molecular flexibility index (Phi) is 4.82. The van der Waals surface area contributed by atoms with E-state index < -0.39 is 4.92 Å². The summed E-state index contributed by atoms with van der Waals surface area (Å²) in [6.45, 7) is 0. The van der Waals surface area contributed by atoms with Gasteiger partial charge in [-0.05, 0) is 42.2 Å². The molecule has 3 rings (SSSR count). The summed E-state index contributed by atoms with van der Waals surface area (Å²) in [6, 6.07) is 22.1. The molecule has 3 aromatic carbocycles. The first-order valence-corrected chi connectivity index (χ1v) is 8.55. The molecule has 0 spiro atoms. The monoisotopic (exact) mass is 337 g/mol. The number of hydrogen-bond donors (Lipinski definition) is 0. The van der Waals surface area contributed by atoms with Gasteiger partial charge >= 0.3 is 0 Å². The molecule has 0 atom stereocenters. The van der Waals surface area contributed by atoms with Crippen LogP contribution in [0.15, 0.2) is 77.7 Å². The van der Waals surface area contributed by atoms with Crippen molar-refractivity contribution in [3.05, 3.63) is 82.9 Å². The van der Waals surface area contributed by atoms with Gasteiger partial charge in [0.05, 0.1) is 4.92 Å². The van der Waals surface area contributed by atoms with Gasteiger partial charge in [-0.1, -0.05) is 30.3 Å². The predicted molar refractivity (Wildman–Crippen MR) is 96.8 cm³/mol. The molecule has 120 valence electrons. The van der Waals surface area contributed by atoms with E-state index in [4.69, 9.17) is 4.74 Å². The van der Waals surface area contributed by atoms with Gasteiger partial charge in [0.25, 0.3) is 5.69 Å². The Labute approximate surface area is 144 Å². The maximum Gasteiger partial charge on any atom is 0.269 e. The molecule has 0 amide bonds. The average Bonchev–Trinajstić information content (AvgIpc) is 2.63. The number of hydrogen-bond acceptors (Lipinski definition) is 4. The molecule has 0 radical (unpaired) electrons. The largest absolute Gasteiger partial charge is 0.457 e. The average molecular weight is 337 g/mol. The number of para-hydroxylation sites is 1. The summed E-state index contributed by atoms with van der Waals surface area (Å²) in [4.78, 5) is 11.5. The van der Waals surface area contributed by atoms with Crippen molar-refractivity contribution in [3.63, 3.8) is 0 Å². The zero-order valence-electron chi connectivity index (χ0n) is 13.0. The molecule has 0 unspecified atom stereocenters. The molecule has 24 heavy (non-hydrogen) atoms. The second kappa shape index (κ2) is 7.19. The Hall–Kier alpha value is -2.79. The molecule has 0 fully saturated rings. The van der Waals surface area contributed by atoms with E-state index in [-0.39, 0.29) is 5.69 Å². The minimum Gasteiger partial charge on any atom is -0.457 e. The van der Waals surface area contributed by atoms with E-state index in [1.165, 1.54) is 17.0 Å². The smallest absolute Gasteiger partial charge is 0.269 e. The number of non-ortho nitro benzene ring substituents is 1. The number of nitro benzene ring substituents is 1. The van der Waals surface area contributed by atoms with Gasteiger partial charge in [0, 0.05) is 22.6 Å². The zero-order chi connectivity index (χ0) is 16.9. The lowest BCUT2D eigenvalue weighted by Crippen LogP contribution is -1.90. The van der Waals surface area contributed by atoms with Crippen molar-refractivity contribution in [3.8, 4) is 22.6 Å². The molecule has 0 aliphatic carbocycles. The van der Waals surface area contributed by atoms with Crippen LogP contribution in [0.5, 0.6) is 11.5 Å². The van der Waals surface area contributed by atoms with E-state index in [2.05, 4.69) is 24.3 Å². The first-order chi connectivity index (χ1) is 11.7. The summed E-state index contributed by atoms with van der Waals surface area (Å²) in [5.41, 5.74) is 2.08. The highest BCUT2D eigenvalue weighted by molar-refractivity contribution is 7.98. The van der Waals surface area contributed by atoms with Crippen molar-refractivity contribution in [2.75, 3.05) is 6.26 Å². The van der Waals surface area contributed by atoms with Crippen molar-refractivity contribution in [1.82, 2.24) is 0 Å². The van der Waals surface area contributed by atoms with Gasteiger partial charge in [0.1, 0.15) is 11.5 Å². The Morgan fingerprint density at radius 1 is 0.917 bits per heavy atom. The summed E-state index contributed by atoms with van der Waals surface area (Å²) >= 11 is 1.70. The predicted octanol–water partition coefficient (Wildman–Crippen LogP) is 5.78. The molecule has 0 heterocycles. The van der Waals surface area contributed by atoms with Gasteiger partial charge in [0.2, 0.25) is 0 Å². The number of nitro groups is 1. The maximum absolute atomic E-state index is 10.7. The van der Waals surface area contributed by atoms with Crippen molar-refractivity contribution in [2.45, 2.75) is 4.90 Å². The van der Waals surface area contributed by atoms with Crippen LogP contribution in [0, 0.1) is 10.1 Å². The normalized spacial score (nSPS) is 10.4. The van der Waals surface area contributed by atoms with Crippen LogP contribution in [0.2, 0.25) is 0 Å². The van der Waals surface area contributed by atoms with Crippen LogP contribution in [0.4, 0.5) is 5.69 Å². The van der Waals surface area contributed by atoms with Crippen LogP contribution in [-0.4, -0.2) is 11.2 Å². The van der Waals surface area contributed by atoms with E-state index in [9.17, 15) is 10.1 Å². The lowest BCUT2D eigenvalue weighted by atomic mass is 10.0. The van der Waals surface area contributed by atoms with Gasteiger partial charge in [-0.15, -0.1) is 11.8 Å². The molecular weight excluding hydrogens is 322 g/mol. The van der Waals surface area contributed by atoms with Crippen LogP contribution in [0.3, 0.4) is 0 Å². The van der Waals surface area contributed by atoms with Gasteiger partial charge in [-0.3, -0.25) is 10.1 Å². The summed E-state index contributed by atoms with van der Waals surface area (Å²) in [5, 5.41) is 10.7. The Balaban J connectivity index is 1.89. The summed E-state index contributed by atoms with van der Waals surface area (Å²) in [5.74, 6) is 1.28. The summed E-state index contributed by atoms with van der Waals surface area (Å²) in [7, 11) is 0. The molecule has 0 bridgehead atoms. The fourth-order valence-electron chi connectivity index (χ4n) is 2.33. The van der Waals surface area contributed by atoms with E-state index in [1.807, 2.05) is 30.5 Å². The fourth-order valence-corrected chi connectivity index (χ4v) is 2.74. The first kappa shape index (κ1) is 16.1. The second-order valence-electron chi connectivity index (χ2n) is 5.08. The highest BCUT2D eigenvalue weighted by Gasteiger charge is 2.09. The Bertz CT molecular complexity index is 845. The van der Waals surface area contributed by atoms with Gasteiger partial charge in [-0.25, -0.2) is 0 Å². The molecular formula is C19H15NO3S. The van der Waals surface area contributed by atoms with E-state index in [0.29, 0.717) is 11.5 Å². The highest BCUT2D eigenvalue weighted by Crippen LogP contribution is 2.34. The summed E-state index contributed by atoms with van der Waals surface area (Å²) < 4.78 is 5.93. The molecule has 0 aliphatic heterocycles. The van der Waals surface area contributed by atoms with Crippen LogP contribution in [-0.2, 0) is 0 Å². The minimum absolute atomic E-state index is 0.0447. The Morgan fingerprint density at radius 2 is 1.58 bits per heavy atom. The van der Waals surface area contributed by atoms with Crippen molar-refractivity contribution < 1.29 is 9.66 Å². The highest BCUT2D eigenvalue weighted by atomic mass is 32.2. The lowest BCUT2D eigenvalue weighted by Gasteiger charge is -2.11. The van der Waals surface area contributed by atoms with Crippen LogP contribution < -0.4 is 4.74 Å². The van der Waals surface area contributed by atoms with Gasteiger partial charge in [-0.2, -0.15) is 0 Å². The fraction of sp³-hybridized carbons (Fsp3) is 0.0526. The van der Waals surface area contributed by atoms with E-state index in [0.717, 1.165) is 11.1 Å². The van der Waals surface area contributed by atoms with Crippen LogP contribution >= 0.6 is 11.8 Å². The third-order valence-corrected chi connectivity index (χ3v) is 4.31. The molecule has 4 nitrogen and oxygen atoms in total. The second-order valence-corrected chi connectivity index (χ2v) is 5.96. The van der Waals surface area contributed by atoms with E-state index >= 15 is 0 Å². The third-order valence-electron chi connectivity index (χ3n) is 3.56. The SMILES string of the molecule is CSc1ccc(-c2ccccc2Oc2ccc([N+](=O)[O-])cc2)cc1. The number of benzene rings is 3. The standard InChI is InChI=1S/C19H15NO3S/c1-24-17-12-6-14(7-13-17)18-4-2-3-5-19(18)23-16-10-8-15(9-11-16)20(21)22/h2-13H,1H3. The number of rotatable bonds is 5. The number of nitrogens with zero attached hydrogens (tertiary/aromatic N) is 1. The Morgan fingerprint density at radius 3 is 2.21 bits per heavy atom. The number of thioether (sulfide) groups is 1. The first-order valence-electron chi connectivity index (χ1n) is 7.33. The topological polar surface area (TPSA) is 52.4 Å². The molecule has 0 saturated carbocycles. The van der Waals surface area contributed by atoms with E-state index in [1.54, 1.807) is 23.9 Å². The third kappa shape index (κ3) is 3.58. The van der Waals surface area contributed by atoms with Gasteiger partial charge in [0.15, 0.2) is 0 Å². The lowest BCUT2D eigenvalue weighted by molar-refractivity contribution is -0.384. The van der Waals surface area contributed by atoms with Crippen LogP contribution in [0.1, 0.15) is 0 Å².